The normalized spacial score (nSPS) is 12.8. The van der Waals surface area contributed by atoms with Crippen LogP contribution in [0.4, 0.5) is 0 Å². The molecular formula is C39H75NO2. The van der Waals surface area contributed by atoms with E-state index in [0.29, 0.717) is 12.3 Å². The van der Waals surface area contributed by atoms with Crippen LogP contribution in [-0.2, 0) is 9.53 Å². The maximum Gasteiger partial charge on any atom is 0.306 e. The van der Waals surface area contributed by atoms with Gasteiger partial charge in [-0.05, 0) is 116 Å². The topological polar surface area (TPSA) is 29.5 Å². The summed E-state index contributed by atoms with van der Waals surface area (Å²) >= 11 is 0. The Morgan fingerprint density at radius 3 is 1.50 bits per heavy atom. The van der Waals surface area contributed by atoms with E-state index in [1.165, 1.54) is 128 Å². The third kappa shape index (κ3) is 29.0. The summed E-state index contributed by atoms with van der Waals surface area (Å²) in [5.41, 5.74) is 0. The number of nitrogens with zero attached hydrogens (tertiary/aromatic N) is 1. The van der Waals surface area contributed by atoms with Crippen LogP contribution in [0.15, 0.2) is 24.3 Å². The van der Waals surface area contributed by atoms with Crippen molar-refractivity contribution in [2.45, 2.75) is 194 Å². The monoisotopic (exact) mass is 590 g/mol. The van der Waals surface area contributed by atoms with Gasteiger partial charge >= 0.3 is 5.97 Å². The highest BCUT2D eigenvalue weighted by atomic mass is 16.5. The molecule has 0 aromatic carbocycles. The first-order valence-corrected chi connectivity index (χ1v) is 18.7. The molecule has 0 saturated carbocycles. The van der Waals surface area contributed by atoms with Crippen molar-refractivity contribution < 1.29 is 9.53 Å². The lowest BCUT2D eigenvalue weighted by molar-refractivity contribution is -0.153. The van der Waals surface area contributed by atoms with Crippen molar-refractivity contribution in [2.75, 3.05) is 20.6 Å². The van der Waals surface area contributed by atoms with Gasteiger partial charge < -0.3 is 9.64 Å². The van der Waals surface area contributed by atoms with Crippen molar-refractivity contribution in [3.8, 4) is 0 Å². The van der Waals surface area contributed by atoms with Crippen molar-refractivity contribution in [3.05, 3.63) is 24.3 Å². The molecule has 0 rings (SSSR count). The Bertz CT molecular complexity index is 586. The summed E-state index contributed by atoms with van der Waals surface area (Å²) in [6, 6.07) is 0. The molecule has 0 aliphatic carbocycles. The van der Waals surface area contributed by atoms with Crippen LogP contribution in [-0.4, -0.2) is 37.6 Å². The van der Waals surface area contributed by atoms with Gasteiger partial charge in [-0.25, -0.2) is 0 Å². The molecule has 0 fully saturated rings. The molecule has 3 nitrogen and oxygen atoms in total. The van der Waals surface area contributed by atoms with Gasteiger partial charge in [0, 0.05) is 6.42 Å². The first-order valence-electron chi connectivity index (χ1n) is 18.7. The fraction of sp³-hybridized carbons (Fsp3) is 0.872. The molecule has 248 valence electrons. The minimum atomic E-state index is 0.0370. The van der Waals surface area contributed by atoms with Gasteiger partial charge in [0.15, 0.2) is 0 Å². The lowest BCUT2D eigenvalue weighted by atomic mass is 9.87. The zero-order chi connectivity index (χ0) is 30.9. The summed E-state index contributed by atoms with van der Waals surface area (Å²) in [6.07, 6.45) is 41.2. The van der Waals surface area contributed by atoms with Crippen molar-refractivity contribution in [2.24, 2.45) is 5.92 Å². The molecule has 3 heteroatoms. The van der Waals surface area contributed by atoms with E-state index in [1.54, 1.807) is 0 Å². The van der Waals surface area contributed by atoms with Gasteiger partial charge in [0.2, 0.25) is 0 Å². The third-order valence-corrected chi connectivity index (χ3v) is 8.56. The Morgan fingerprint density at radius 2 is 1.00 bits per heavy atom. The van der Waals surface area contributed by atoms with Crippen LogP contribution in [0.25, 0.3) is 0 Å². The van der Waals surface area contributed by atoms with E-state index in [-0.39, 0.29) is 12.1 Å². The highest BCUT2D eigenvalue weighted by Crippen LogP contribution is 2.27. The molecule has 0 aliphatic rings. The van der Waals surface area contributed by atoms with Crippen LogP contribution in [0, 0.1) is 5.92 Å². The van der Waals surface area contributed by atoms with Crippen LogP contribution >= 0.6 is 0 Å². The number of ether oxygens (including phenoxy) is 1. The van der Waals surface area contributed by atoms with Crippen molar-refractivity contribution in [1.29, 1.82) is 0 Å². The lowest BCUT2D eigenvalue weighted by Crippen LogP contribution is -2.27. The Morgan fingerprint density at radius 1 is 0.548 bits per heavy atom. The van der Waals surface area contributed by atoms with E-state index in [4.69, 9.17) is 4.74 Å². The molecule has 0 N–H and O–H groups in total. The summed E-state index contributed by atoms with van der Waals surface area (Å²) in [7, 11) is 4.20. The van der Waals surface area contributed by atoms with Gasteiger partial charge in [-0.15, -0.1) is 0 Å². The van der Waals surface area contributed by atoms with Gasteiger partial charge in [-0.1, -0.05) is 116 Å². The summed E-state index contributed by atoms with van der Waals surface area (Å²) in [5, 5.41) is 0. The predicted octanol–water partition coefficient (Wildman–Crippen LogP) is 12.4. The molecule has 0 heterocycles. The molecule has 0 amide bonds. The number of esters is 1. The fourth-order valence-electron chi connectivity index (χ4n) is 5.80. The molecule has 0 spiro atoms. The minimum absolute atomic E-state index is 0.0370. The maximum absolute atomic E-state index is 13.0. The second kappa shape index (κ2) is 32.8. The SMILES string of the molecule is CCCCC/C=C/CCCC(CCC/C=C/CCCCC)C(CCCCCCCCCC)OC(=O)CCCCN(C)C. The molecule has 0 aliphatic heterocycles. The highest BCUT2D eigenvalue weighted by Gasteiger charge is 2.24. The Labute approximate surface area is 264 Å². The van der Waals surface area contributed by atoms with Crippen molar-refractivity contribution in [1.82, 2.24) is 4.90 Å². The van der Waals surface area contributed by atoms with Crippen LogP contribution in [0.1, 0.15) is 188 Å². The molecule has 1 unspecified atom stereocenters. The molecule has 0 bridgehead atoms. The average molecular weight is 590 g/mol. The number of hydrogen-bond acceptors (Lipinski definition) is 3. The maximum atomic E-state index is 13.0. The number of carbonyl (C=O) groups excluding carboxylic acids is 1. The number of unbranched alkanes of at least 4 members (excludes halogenated alkanes) is 16. The molecule has 0 saturated heterocycles. The Balaban J connectivity index is 5.06. The first-order chi connectivity index (χ1) is 20.5. The van der Waals surface area contributed by atoms with Gasteiger partial charge in [-0.2, -0.15) is 0 Å². The van der Waals surface area contributed by atoms with Crippen LogP contribution in [0.2, 0.25) is 0 Å². The number of carbonyl (C=O) groups is 1. The first kappa shape index (κ1) is 40.9. The van der Waals surface area contributed by atoms with Crippen LogP contribution in [0.5, 0.6) is 0 Å². The molecular weight excluding hydrogens is 514 g/mol. The molecule has 0 aromatic heterocycles. The second-order valence-corrected chi connectivity index (χ2v) is 13.1. The van der Waals surface area contributed by atoms with E-state index >= 15 is 0 Å². The van der Waals surface area contributed by atoms with E-state index in [1.807, 2.05) is 0 Å². The second-order valence-electron chi connectivity index (χ2n) is 13.1. The van der Waals surface area contributed by atoms with E-state index in [2.05, 4.69) is 64.1 Å². The largest absolute Gasteiger partial charge is 0.462 e. The zero-order valence-corrected chi connectivity index (χ0v) is 29.3. The third-order valence-electron chi connectivity index (χ3n) is 8.56. The number of hydrogen-bond donors (Lipinski definition) is 0. The van der Waals surface area contributed by atoms with Gasteiger partial charge in [0.05, 0.1) is 0 Å². The van der Waals surface area contributed by atoms with Gasteiger partial charge in [0.25, 0.3) is 0 Å². The summed E-state index contributed by atoms with van der Waals surface area (Å²) in [4.78, 5) is 15.2. The fourth-order valence-corrected chi connectivity index (χ4v) is 5.80. The van der Waals surface area contributed by atoms with Gasteiger partial charge in [-0.3, -0.25) is 4.79 Å². The van der Waals surface area contributed by atoms with Crippen molar-refractivity contribution >= 4 is 5.97 Å². The van der Waals surface area contributed by atoms with Crippen molar-refractivity contribution in [3.63, 3.8) is 0 Å². The average Bonchev–Trinajstić information content (AvgIpc) is 2.97. The van der Waals surface area contributed by atoms with Crippen LogP contribution < -0.4 is 0 Å². The number of allylic oxidation sites excluding steroid dienone is 4. The molecule has 0 radical (unpaired) electrons. The Kier molecular flexibility index (Phi) is 32.0. The highest BCUT2D eigenvalue weighted by molar-refractivity contribution is 5.69. The zero-order valence-electron chi connectivity index (χ0n) is 29.3. The Hall–Kier alpha value is -1.09. The number of rotatable bonds is 32. The predicted molar refractivity (Wildman–Crippen MR) is 187 cm³/mol. The van der Waals surface area contributed by atoms with E-state index in [9.17, 15) is 4.79 Å². The van der Waals surface area contributed by atoms with E-state index in [0.717, 1.165) is 38.6 Å². The summed E-state index contributed by atoms with van der Waals surface area (Å²) < 4.78 is 6.34. The van der Waals surface area contributed by atoms with Gasteiger partial charge in [0.1, 0.15) is 6.10 Å². The minimum Gasteiger partial charge on any atom is -0.462 e. The molecule has 0 aromatic rings. The summed E-state index contributed by atoms with van der Waals surface area (Å²) in [6.45, 7) is 7.86. The molecule has 42 heavy (non-hydrogen) atoms. The quantitative estimate of drug-likeness (QED) is 0.0444. The molecule has 1 atom stereocenters. The lowest BCUT2D eigenvalue weighted by Gasteiger charge is -2.28. The standard InChI is InChI=1S/C39H75NO2/c1-6-9-12-15-18-21-24-27-32-37(33-28-25-22-19-16-13-10-7-2)38(34-29-26-23-20-17-14-11-8-3)42-39(41)35-30-31-36-40(4)5/h18-19,21-22,37-38H,6-17,20,23-36H2,1-5H3/b21-18+,22-19+. The summed E-state index contributed by atoms with van der Waals surface area (Å²) in [5.74, 6) is 0.525. The van der Waals surface area contributed by atoms with E-state index < -0.39 is 0 Å². The smallest absolute Gasteiger partial charge is 0.306 e. The van der Waals surface area contributed by atoms with Crippen LogP contribution in [0.3, 0.4) is 0 Å².